The van der Waals surface area contributed by atoms with Gasteiger partial charge >= 0.3 is 0 Å². The van der Waals surface area contributed by atoms with Gasteiger partial charge in [-0.1, -0.05) is 6.92 Å². The van der Waals surface area contributed by atoms with Crippen molar-refractivity contribution >= 4 is 28.5 Å². The highest BCUT2D eigenvalue weighted by molar-refractivity contribution is 14.1. The quantitative estimate of drug-likeness (QED) is 0.803. The zero-order chi connectivity index (χ0) is 9.42. The van der Waals surface area contributed by atoms with Crippen LogP contribution >= 0.6 is 22.6 Å². The molecule has 1 amide bonds. The summed E-state index contributed by atoms with van der Waals surface area (Å²) in [5.41, 5.74) is 0.569. The van der Waals surface area contributed by atoms with Gasteiger partial charge in [-0.3, -0.25) is 9.89 Å². The van der Waals surface area contributed by atoms with Crippen LogP contribution in [-0.2, 0) is 0 Å². The van der Waals surface area contributed by atoms with Gasteiger partial charge in [0.25, 0.3) is 5.91 Å². The first kappa shape index (κ1) is 8.98. The van der Waals surface area contributed by atoms with Gasteiger partial charge in [0.1, 0.15) is 5.69 Å². The third-order valence-corrected chi connectivity index (χ3v) is 3.06. The molecule has 1 aliphatic carbocycles. The molecule has 1 saturated carbocycles. The first-order valence-corrected chi connectivity index (χ1v) is 5.26. The molecule has 0 aliphatic heterocycles. The number of nitrogens with zero attached hydrogens (tertiary/aromatic N) is 1. The second kappa shape index (κ2) is 3.28. The fourth-order valence-corrected chi connectivity index (χ4v) is 1.70. The SMILES string of the molecule is CC1CC1NC(=O)c1[nH]ncc1I. The highest BCUT2D eigenvalue weighted by atomic mass is 127. The Bertz CT molecular complexity index is 336. The van der Waals surface area contributed by atoms with Crippen LogP contribution in [0.15, 0.2) is 6.20 Å². The number of aromatic nitrogens is 2. The fraction of sp³-hybridized carbons (Fsp3) is 0.500. The van der Waals surface area contributed by atoms with E-state index in [1.165, 1.54) is 0 Å². The van der Waals surface area contributed by atoms with Crippen LogP contribution in [0.2, 0.25) is 0 Å². The number of carbonyl (C=O) groups is 1. The second-order valence-corrected chi connectivity index (χ2v) is 4.55. The maximum Gasteiger partial charge on any atom is 0.270 e. The summed E-state index contributed by atoms with van der Waals surface area (Å²) in [6.45, 7) is 2.13. The smallest absolute Gasteiger partial charge is 0.270 e. The third kappa shape index (κ3) is 1.84. The Morgan fingerprint density at radius 3 is 3.00 bits per heavy atom. The Kier molecular flexibility index (Phi) is 2.27. The minimum Gasteiger partial charge on any atom is -0.348 e. The lowest BCUT2D eigenvalue weighted by molar-refractivity contribution is 0.0943. The van der Waals surface area contributed by atoms with Crippen LogP contribution in [0.5, 0.6) is 0 Å². The molecule has 0 aromatic carbocycles. The Labute approximate surface area is 89.6 Å². The van der Waals surface area contributed by atoms with E-state index < -0.39 is 0 Å². The van der Waals surface area contributed by atoms with Crippen molar-refractivity contribution < 1.29 is 4.79 Å². The van der Waals surface area contributed by atoms with E-state index in [1.54, 1.807) is 6.20 Å². The maximum atomic E-state index is 11.5. The number of nitrogens with one attached hydrogen (secondary N) is 2. The summed E-state index contributed by atoms with van der Waals surface area (Å²) in [5, 5.41) is 9.41. The molecule has 2 rings (SSSR count). The van der Waals surface area contributed by atoms with Gasteiger partial charge in [-0.2, -0.15) is 5.10 Å². The second-order valence-electron chi connectivity index (χ2n) is 3.39. The van der Waals surface area contributed by atoms with Crippen molar-refractivity contribution in [3.8, 4) is 0 Å². The fourth-order valence-electron chi connectivity index (χ4n) is 1.19. The van der Waals surface area contributed by atoms with Crippen LogP contribution in [0.25, 0.3) is 0 Å². The molecule has 1 aromatic rings. The zero-order valence-corrected chi connectivity index (χ0v) is 9.33. The van der Waals surface area contributed by atoms with Crippen LogP contribution in [0.4, 0.5) is 0 Å². The van der Waals surface area contributed by atoms with Gasteiger partial charge in [0, 0.05) is 6.04 Å². The van der Waals surface area contributed by atoms with Crippen LogP contribution in [0.1, 0.15) is 23.8 Å². The van der Waals surface area contributed by atoms with E-state index in [0.717, 1.165) is 9.99 Å². The molecule has 13 heavy (non-hydrogen) atoms. The Morgan fingerprint density at radius 1 is 1.85 bits per heavy atom. The van der Waals surface area contributed by atoms with E-state index in [-0.39, 0.29) is 5.91 Å². The van der Waals surface area contributed by atoms with E-state index >= 15 is 0 Å². The standard InChI is InChI=1S/C8H10IN3O/c1-4-2-6(4)11-8(13)7-5(9)3-10-12-7/h3-4,6H,2H2,1H3,(H,10,12)(H,11,13). The summed E-state index contributed by atoms with van der Waals surface area (Å²) < 4.78 is 0.864. The Balaban J connectivity index is 2.01. The number of hydrogen-bond acceptors (Lipinski definition) is 2. The summed E-state index contributed by atoms with van der Waals surface area (Å²) in [5.74, 6) is 0.584. The number of carbonyl (C=O) groups excluding carboxylic acids is 1. The van der Waals surface area contributed by atoms with Crippen molar-refractivity contribution in [1.82, 2.24) is 15.5 Å². The highest BCUT2D eigenvalue weighted by Gasteiger charge is 2.34. The van der Waals surface area contributed by atoms with Crippen molar-refractivity contribution in [2.24, 2.45) is 5.92 Å². The lowest BCUT2D eigenvalue weighted by Gasteiger charge is -2.00. The first-order chi connectivity index (χ1) is 6.18. The number of H-pyrrole nitrogens is 1. The average molecular weight is 291 g/mol. The van der Waals surface area contributed by atoms with E-state index in [0.29, 0.717) is 17.7 Å². The van der Waals surface area contributed by atoms with Crippen molar-refractivity contribution in [3.05, 3.63) is 15.5 Å². The Morgan fingerprint density at radius 2 is 2.54 bits per heavy atom. The van der Waals surface area contributed by atoms with Gasteiger partial charge < -0.3 is 5.32 Å². The van der Waals surface area contributed by atoms with Crippen molar-refractivity contribution in [1.29, 1.82) is 0 Å². The van der Waals surface area contributed by atoms with Gasteiger partial charge in [0.2, 0.25) is 0 Å². The van der Waals surface area contributed by atoms with Gasteiger partial charge in [-0.15, -0.1) is 0 Å². The molecular weight excluding hydrogens is 281 g/mol. The van der Waals surface area contributed by atoms with Gasteiger partial charge in [0.05, 0.1) is 9.77 Å². The minimum atomic E-state index is -0.0451. The highest BCUT2D eigenvalue weighted by Crippen LogP contribution is 2.29. The number of hydrogen-bond donors (Lipinski definition) is 2. The zero-order valence-electron chi connectivity index (χ0n) is 7.17. The number of amides is 1. The van der Waals surface area contributed by atoms with Crippen LogP contribution in [0, 0.1) is 9.49 Å². The summed E-state index contributed by atoms with van der Waals surface area (Å²) in [6.07, 6.45) is 2.74. The van der Waals surface area contributed by atoms with Gasteiger partial charge in [0.15, 0.2) is 0 Å². The van der Waals surface area contributed by atoms with Crippen LogP contribution < -0.4 is 5.32 Å². The van der Waals surface area contributed by atoms with Crippen LogP contribution in [0.3, 0.4) is 0 Å². The van der Waals surface area contributed by atoms with Crippen molar-refractivity contribution in [2.45, 2.75) is 19.4 Å². The molecule has 4 nitrogen and oxygen atoms in total. The molecule has 70 valence electrons. The van der Waals surface area contributed by atoms with E-state index in [2.05, 4.69) is 45.0 Å². The third-order valence-electron chi connectivity index (χ3n) is 2.25. The van der Waals surface area contributed by atoms with E-state index in [9.17, 15) is 4.79 Å². The minimum absolute atomic E-state index is 0.0451. The van der Waals surface area contributed by atoms with Crippen molar-refractivity contribution in [3.63, 3.8) is 0 Å². The first-order valence-electron chi connectivity index (χ1n) is 4.18. The van der Waals surface area contributed by atoms with Gasteiger partial charge in [-0.25, -0.2) is 0 Å². The summed E-state index contributed by atoms with van der Waals surface area (Å²) in [4.78, 5) is 11.5. The molecule has 2 atom stereocenters. The number of aromatic amines is 1. The van der Waals surface area contributed by atoms with E-state index in [1.807, 2.05) is 0 Å². The largest absolute Gasteiger partial charge is 0.348 e. The lowest BCUT2D eigenvalue weighted by atomic mass is 10.4. The van der Waals surface area contributed by atoms with Crippen LogP contribution in [-0.4, -0.2) is 22.1 Å². The molecule has 0 saturated heterocycles. The topological polar surface area (TPSA) is 57.8 Å². The molecule has 1 fully saturated rings. The lowest BCUT2D eigenvalue weighted by Crippen LogP contribution is -2.27. The molecule has 0 radical (unpaired) electrons. The molecule has 0 spiro atoms. The predicted molar refractivity (Wildman–Crippen MR) is 56.3 cm³/mol. The average Bonchev–Trinajstić information content (AvgIpc) is 2.62. The summed E-state index contributed by atoms with van der Waals surface area (Å²) >= 11 is 2.09. The molecule has 2 N–H and O–H groups in total. The van der Waals surface area contributed by atoms with Crippen molar-refractivity contribution in [2.75, 3.05) is 0 Å². The molecular formula is C8H10IN3O. The normalized spacial score (nSPS) is 25.7. The summed E-state index contributed by atoms with van der Waals surface area (Å²) in [6, 6.07) is 0.367. The molecule has 2 unspecified atom stereocenters. The molecule has 1 heterocycles. The Hall–Kier alpha value is -0.590. The number of rotatable bonds is 2. The summed E-state index contributed by atoms with van der Waals surface area (Å²) in [7, 11) is 0. The molecule has 1 aromatic heterocycles. The molecule has 5 heteroatoms. The number of halogens is 1. The van der Waals surface area contributed by atoms with Gasteiger partial charge in [-0.05, 0) is 34.9 Å². The predicted octanol–water partition coefficient (Wildman–Crippen LogP) is 1.15. The maximum absolute atomic E-state index is 11.5. The monoisotopic (exact) mass is 291 g/mol. The molecule has 0 bridgehead atoms. The van der Waals surface area contributed by atoms with E-state index in [4.69, 9.17) is 0 Å². The molecule has 1 aliphatic rings.